The summed E-state index contributed by atoms with van der Waals surface area (Å²) < 4.78 is 16.8. The summed E-state index contributed by atoms with van der Waals surface area (Å²) in [5.74, 6) is -1.04. The molecule has 0 heterocycles. The normalized spacial score (nSPS) is 13.1. The quantitative estimate of drug-likeness (QED) is 0.0261. The van der Waals surface area contributed by atoms with E-state index in [1.807, 2.05) is 0 Å². The number of esters is 3. The SMILES string of the molecule is CC/C=C/C/C=C/C/C=C/C/C=C/C/C=C/CCCCCC(=O)OCC(COC(=O)CCCCC/C=C/C/C=C/C/C=C/C/C=C/C/C=C/CC)OC(=O)CCCCC/C=C/C/C=C/C/C=C/C/C=C/C/C=C/CC. The lowest BCUT2D eigenvalue weighted by atomic mass is 10.1. The number of rotatable bonds is 50. The summed E-state index contributed by atoms with van der Waals surface area (Å²) in [7, 11) is 0. The summed E-state index contributed by atoms with van der Waals surface area (Å²) in [4.78, 5) is 38.2. The first-order valence-electron chi connectivity index (χ1n) is 29.3. The number of allylic oxidation sites excluding steroid dienone is 30. The lowest BCUT2D eigenvalue weighted by Crippen LogP contribution is -2.30. The first kappa shape index (κ1) is 69.5. The van der Waals surface area contributed by atoms with Crippen LogP contribution in [0.3, 0.4) is 0 Å². The molecule has 0 aliphatic heterocycles. The van der Waals surface area contributed by atoms with E-state index in [9.17, 15) is 14.4 Å². The van der Waals surface area contributed by atoms with Gasteiger partial charge in [0.25, 0.3) is 0 Å². The van der Waals surface area contributed by atoms with Crippen LogP contribution in [-0.2, 0) is 28.6 Å². The molecule has 6 nitrogen and oxygen atoms in total. The van der Waals surface area contributed by atoms with Crippen molar-refractivity contribution in [3.8, 4) is 0 Å². The molecule has 0 saturated heterocycles. The highest BCUT2D eigenvalue weighted by atomic mass is 16.6. The van der Waals surface area contributed by atoms with E-state index >= 15 is 0 Å². The molecule has 0 aliphatic rings. The number of carbonyl (C=O) groups is 3. The Bertz CT molecular complexity index is 1710. The molecule has 0 atom stereocenters. The third kappa shape index (κ3) is 59.3. The van der Waals surface area contributed by atoms with Crippen molar-refractivity contribution < 1.29 is 28.6 Å². The van der Waals surface area contributed by atoms with Crippen molar-refractivity contribution in [2.24, 2.45) is 0 Å². The minimum atomic E-state index is -0.836. The zero-order chi connectivity index (χ0) is 54.3. The average molecular weight is 1030 g/mol. The zero-order valence-corrected chi connectivity index (χ0v) is 47.5. The third-order valence-electron chi connectivity index (χ3n) is 11.4. The molecule has 0 spiro atoms. The first-order chi connectivity index (χ1) is 37.0. The summed E-state index contributed by atoms with van der Waals surface area (Å²) in [6.07, 6.45) is 91.6. The zero-order valence-electron chi connectivity index (χ0n) is 47.5. The van der Waals surface area contributed by atoms with E-state index in [0.717, 1.165) is 167 Å². The highest BCUT2D eigenvalue weighted by molar-refractivity contribution is 5.71. The molecule has 416 valence electrons. The van der Waals surface area contributed by atoms with Gasteiger partial charge in [-0.05, 0) is 154 Å². The van der Waals surface area contributed by atoms with Gasteiger partial charge >= 0.3 is 17.9 Å². The van der Waals surface area contributed by atoms with Gasteiger partial charge < -0.3 is 14.2 Å². The summed E-state index contributed by atoms with van der Waals surface area (Å²) in [6.45, 7) is 6.19. The van der Waals surface area contributed by atoms with Crippen molar-refractivity contribution in [2.45, 2.75) is 219 Å². The van der Waals surface area contributed by atoms with Crippen LogP contribution in [-0.4, -0.2) is 37.2 Å². The maximum Gasteiger partial charge on any atom is 0.306 e. The molecule has 0 saturated carbocycles. The molecule has 0 bridgehead atoms. The van der Waals surface area contributed by atoms with Gasteiger partial charge in [0.15, 0.2) is 6.10 Å². The second-order valence-corrected chi connectivity index (χ2v) is 18.4. The number of carbonyl (C=O) groups excluding carboxylic acids is 3. The smallest absolute Gasteiger partial charge is 0.306 e. The van der Waals surface area contributed by atoms with Gasteiger partial charge in [-0.15, -0.1) is 0 Å². The molecule has 0 amide bonds. The van der Waals surface area contributed by atoms with Crippen molar-refractivity contribution in [3.05, 3.63) is 182 Å². The van der Waals surface area contributed by atoms with Crippen molar-refractivity contribution in [1.29, 1.82) is 0 Å². The van der Waals surface area contributed by atoms with Gasteiger partial charge in [-0.3, -0.25) is 14.4 Å². The Balaban J connectivity index is 4.63. The van der Waals surface area contributed by atoms with E-state index in [-0.39, 0.29) is 37.5 Å². The van der Waals surface area contributed by atoms with Crippen LogP contribution in [0.25, 0.3) is 0 Å². The van der Waals surface area contributed by atoms with Crippen molar-refractivity contribution in [2.75, 3.05) is 13.2 Å². The van der Waals surface area contributed by atoms with E-state index in [2.05, 4.69) is 203 Å². The maximum absolute atomic E-state index is 12.9. The van der Waals surface area contributed by atoms with E-state index in [4.69, 9.17) is 14.2 Å². The van der Waals surface area contributed by atoms with Gasteiger partial charge in [0.2, 0.25) is 0 Å². The van der Waals surface area contributed by atoms with Crippen LogP contribution in [0.2, 0.25) is 0 Å². The Morgan fingerprint density at radius 2 is 0.480 bits per heavy atom. The molecule has 0 rings (SSSR count). The molecule has 0 aromatic heterocycles. The first-order valence-corrected chi connectivity index (χ1v) is 29.3. The van der Waals surface area contributed by atoms with E-state index in [1.54, 1.807) is 0 Å². The summed E-state index contributed by atoms with van der Waals surface area (Å²) in [5, 5.41) is 0. The van der Waals surface area contributed by atoms with Crippen molar-refractivity contribution in [1.82, 2.24) is 0 Å². The lowest BCUT2D eigenvalue weighted by Gasteiger charge is -2.18. The molecule has 0 radical (unpaired) electrons. The number of hydrogen-bond acceptors (Lipinski definition) is 6. The molecule has 0 aromatic rings. The van der Waals surface area contributed by atoms with Crippen molar-refractivity contribution in [3.63, 3.8) is 0 Å². The van der Waals surface area contributed by atoms with Crippen LogP contribution in [0.15, 0.2) is 182 Å². The fourth-order valence-electron chi connectivity index (χ4n) is 7.11. The van der Waals surface area contributed by atoms with Crippen molar-refractivity contribution >= 4 is 17.9 Å². The lowest BCUT2D eigenvalue weighted by molar-refractivity contribution is -0.167. The van der Waals surface area contributed by atoms with Gasteiger partial charge in [-0.25, -0.2) is 0 Å². The Morgan fingerprint density at radius 1 is 0.267 bits per heavy atom. The fourth-order valence-corrected chi connectivity index (χ4v) is 7.11. The van der Waals surface area contributed by atoms with Gasteiger partial charge in [-0.1, -0.05) is 222 Å². The van der Waals surface area contributed by atoms with Gasteiger partial charge in [0.05, 0.1) is 0 Å². The Morgan fingerprint density at radius 3 is 0.720 bits per heavy atom. The Hall–Kier alpha value is -5.49. The van der Waals surface area contributed by atoms with Crippen LogP contribution in [0, 0.1) is 0 Å². The summed E-state index contributed by atoms with van der Waals surface area (Å²) in [5.41, 5.74) is 0. The molecule has 0 unspecified atom stereocenters. The second kappa shape index (κ2) is 61.1. The minimum absolute atomic E-state index is 0.130. The summed E-state index contributed by atoms with van der Waals surface area (Å²) >= 11 is 0. The molecule has 6 heteroatoms. The largest absolute Gasteiger partial charge is 0.462 e. The Labute approximate surface area is 459 Å². The molecule has 75 heavy (non-hydrogen) atoms. The number of hydrogen-bond donors (Lipinski definition) is 0. The average Bonchev–Trinajstić information content (AvgIpc) is 3.41. The number of ether oxygens (including phenoxy) is 3. The standard InChI is InChI=1S/C69H104O6/c1-4-7-10-13-16-19-22-25-28-31-34-37-40-43-46-49-52-55-58-61-67(70)73-64-66(75-69(72)63-60-57-54-51-48-45-42-39-36-33-30-27-24-21-18-15-12-9-6-3)65-74-68(71)62-59-56-53-50-47-44-41-38-35-32-29-26-23-20-17-14-11-8-5-2/h7-12,16-21,25-30,34-39,43-48,66H,4-6,13-15,22-24,31-33,40-42,49-65H2,1-3H3/b10-7+,11-8+,12-9+,19-16+,20-17+,21-18+,28-25+,29-26+,30-27+,37-34+,38-35+,39-36+,46-43+,47-44+,48-45+. The number of unbranched alkanes of at least 4 members (excludes halogenated alkanes) is 9. The fraction of sp³-hybridized carbons (Fsp3) is 0.522. The molecular formula is C69H104O6. The van der Waals surface area contributed by atoms with E-state index in [1.165, 1.54) is 0 Å². The Kier molecular flexibility index (Phi) is 56.6. The monoisotopic (exact) mass is 1030 g/mol. The molecule has 0 aliphatic carbocycles. The predicted molar refractivity (Wildman–Crippen MR) is 324 cm³/mol. The van der Waals surface area contributed by atoms with Crippen LogP contribution >= 0.6 is 0 Å². The van der Waals surface area contributed by atoms with E-state index < -0.39 is 6.10 Å². The molecule has 0 aromatic carbocycles. The van der Waals surface area contributed by atoms with E-state index in [0.29, 0.717) is 19.3 Å². The molecule has 0 N–H and O–H groups in total. The molecular weight excluding hydrogens is 925 g/mol. The highest BCUT2D eigenvalue weighted by Crippen LogP contribution is 2.11. The van der Waals surface area contributed by atoms with Gasteiger partial charge in [0.1, 0.15) is 13.2 Å². The topological polar surface area (TPSA) is 78.9 Å². The predicted octanol–water partition coefficient (Wildman–Crippen LogP) is 20.1. The second-order valence-electron chi connectivity index (χ2n) is 18.4. The minimum Gasteiger partial charge on any atom is -0.462 e. The van der Waals surface area contributed by atoms with Crippen LogP contribution in [0.5, 0.6) is 0 Å². The maximum atomic E-state index is 12.9. The van der Waals surface area contributed by atoms with Gasteiger partial charge in [-0.2, -0.15) is 0 Å². The third-order valence-corrected chi connectivity index (χ3v) is 11.4. The molecule has 0 fully saturated rings. The van der Waals surface area contributed by atoms with Crippen LogP contribution < -0.4 is 0 Å². The summed E-state index contributed by atoms with van der Waals surface area (Å²) in [6, 6.07) is 0. The van der Waals surface area contributed by atoms with Gasteiger partial charge in [0, 0.05) is 19.3 Å². The van der Waals surface area contributed by atoms with Crippen LogP contribution in [0.1, 0.15) is 213 Å². The van der Waals surface area contributed by atoms with Crippen LogP contribution in [0.4, 0.5) is 0 Å². The highest BCUT2D eigenvalue weighted by Gasteiger charge is 2.19.